The van der Waals surface area contributed by atoms with Crippen molar-refractivity contribution in [1.29, 1.82) is 0 Å². The molecular formula is C9H13NO3S2. The molecule has 0 aromatic carbocycles. The number of hydrogen-bond acceptors (Lipinski definition) is 5. The van der Waals surface area contributed by atoms with E-state index in [0.29, 0.717) is 10.7 Å². The van der Waals surface area contributed by atoms with Crippen molar-refractivity contribution in [2.75, 3.05) is 5.75 Å². The second-order valence-corrected chi connectivity index (χ2v) is 5.47. The average molecular weight is 247 g/mol. The highest BCUT2D eigenvalue weighted by molar-refractivity contribution is 8.23. The molecule has 1 amide bonds. The van der Waals surface area contributed by atoms with Crippen LogP contribution in [0.15, 0.2) is 0 Å². The van der Waals surface area contributed by atoms with Gasteiger partial charge in [0.05, 0.1) is 11.2 Å². The van der Waals surface area contributed by atoms with Crippen LogP contribution in [0.25, 0.3) is 0 Å². The van der Waals surface area contributed by atoms with Crippen LogP contribution >= 0.6 is 24.0 Å². The summed E-state index contributed by atoms with van der Waals surface area (Å²) in [6, 6.07) is 0. The van der Waals surface area contributed by atoms with E-state index in [9.17, 15) is 9.59 Å². The Labute approximate surface area is 98.3 Å². The van der Waals surface area contributed by atoms with E-state index in [1.807, 2.05) is 6.92 Å². The SMILES string of the molecule is CCC(C)(C)C(=O)ON1C(=O)CSC1=S. The molecule has 0 unspecified atom stereocenters. The van der Waals surface area contributed by atoms with E-state index < -0.39 is 11.4 Å². The molecule has 84 valence electrons. The Kier molecular flexibility index (Phi) is 3.72. The largest absolute Gasteiger partial charge is 0.338 e. The third kappa shape index (κ3) is 2.69. The third-order valence-corrected chi connectivity index (χ3v) is 3.65. The third-order valence-electron chi connectivity index (χ3n) is 2.32. The van der Waals surface area contributed by atoms with Gasteiger partial charge >= 0.3 is 5.97 Å². The average Bonchev–Trinajstić information content (AvgIpc) is 2.49. The van der Waals surface area contributed by atoms with Crippen LogP contribution < -0.4 is 0 Å². The molecule has 1 heterocycles. The number of carbonyl (C=O) groups is 2. The molecule has 0 N–H and O–H groups in total. The lowest BCUT2D eigenvalue weighted by Crippen LogP contribution is -2.37. The highest BCUT2D eigenvalue weighted by Crippen LogP contribution is 2.25. The molecule has 0 atom stereocenters. The first kappa shape index (κ1) is 12.4. The second kappa shape index (κ2) is 4.49. The maximum atomic E-state index is 11.7. The van der Waals surface area contributed by atoms with Crippen LogP contribution in [0.1, 0.15) is 27.2 Å². The molecule has 0 saturated carbocycles. The molecule has 0 aromatic rings. The molecule has 15 heavy (non-hydrogen) atoms. The predicted octanol–water partition coefficient (Wildman–Crippen LogP) is 1.74. The number of carbonyl (C=O) groups excluding carboxylic acids is 2. The number of hydroxylamine groups is 2. The second-order valence-electron chi connectivity index (χ2n) is 3.86. The van der Waals surface area contributed by atoms with E-state index >= 15 is 0 Å². The first-order valence-electron chi connectivity index (χ1n) is 4.60. The number of amides is 1. The Balaban J connectivity index is 2.66. The molecule has 1 saturated heterocycles. The zero-order chi connectivity index (χ0) is 11.6. The van der Waals surface area contributed by atoms with Crippen LogP contribution in [0, 0.1) is 5.41 Å². The fourth-order valence-corrected chi connectivity index (χ4v) is 1.72. The van der Waals surface area contributed by atoms with Crippen molar-refractivity contribution in [3.8, 4) is 0 Å². The van der Waals surface area contributed by atoms with Crippen molar-refractivity contribution >= 4 is 40.2 Å². The first-order valence-corrected chi connectivity index (χ1v) is 6.00. The van der Waals surface area contributed by atoms with Crippen molar-refractivity contribution in [2.24, 2.45) is 5.41 Å². The fraction of sp³-hybridized carbons (Fsp3) is 0.667. The molecule has 1 rings (SSSR count). The highest BCUT2D eigenvalue weighted by Gasteiger charge is 2.35. The minimum atomic E-state index is -0.594. The lowest BCUT2D eigenvalue weighted by Gasteiger charge is -2.23. The summed E-state index contributed by atoms with van der Waals surface area (Å²) < 4.78 is 0.306. The Morgan fingerprint density at radius 1 is 1.67 bits per heavy atom. The normalized spacial score (nSPS) is 17.1. The molecule has 1 aliphatic heterocycles. The maximum absolute atomic E-state index is 11.7. The maximum Gasteiger partial charge on any atom is 0.338 e. The monoisotopic (exact) mass is 247 g/mol. The van der Waals surface area contributed by atoms with Crippen LogP contribution in [-0.2, 0) is 14.4 Å². The van der Waals surface area contributed by atoms with Gasteiger partial charge in [0.25, 0.3) is 5.91 Å². The van der Waals surface area contributed by atoms with Gasteiger partial charge in [-0.1, -0.05) is 18.7 Å². The van der Waals surface area contributed by atoms with Gasteiger partial charge < -0.3 is 4.84 Å². The van der Waals surface area contributed by atoms with E-state index in [4.69, 9.17) is 17.1 Å². The summed E-state index contributed by atoms with van der Waals surface area (Å²) >= 11 is 6.09. The van der Waals surface area contributed by atoms with Crippen molar-refractivity contribution in [1.82, 2.24) is 5.06 Å². The predicted molar refractivity (Wildman–Crippen MR) is 62.1 cm³/mol. The number of nitrogens with zero attached hydrogens (tertiary/aromatic N) is 1. The van der Waals surface area contributed by atoms with Gasteiger partial charge in [0.1, 0.15) is 0 Å². The molecule has 6 heteroatoms. The van der Waals surface area contributed by atoms with Crippen LogP contribution in [0.3, 0.4) is 0 Å². The van der Waals surface area contributed by atoms with Crippen LogP contribution in [0.4, 0.5) is 0 Å². The lowest BCUT2D eigenvalue weighted by molar-refractivity contribution is -0.187. The van der Waals surface area contributed by atoms with Gasteiger partial charge in [-0.2, -0.15) is 0 Å². The fourth-order valence-electron chi connectivity index (χ4n) is 0.782. The summed E-state index contributed by atoms with van der Waals surface area (Å²) in [4.78, 5) is 27.9. The van der Waals surface area contributed by atoms with Gasteiger partial charge in [0.2, 0.25) is 0 Å². The number of hydrogen-bond donors (Lipinski definition) is 0. The number of rotatable bonds is 3. The Morgan fingerprint density at radius 2 is 2.27 bits per heavy atom. The van der Waals surface area contributed by atoms with E-state index in [1.165, 1.54) is 11.8 Å². The molecule has 1 fully saturated rings. The summed E-state index contributed by atoms with van der Waals surface area (Å²) in [6.45, 7) is 5.43. The summed E-state index contributed by atoms with van der Waals surface area (Å²) in [6.07, 6.45) is 0.647. The van der Waals surface area contributed by atoms with Gasteiger partial charge in [-0.25, -0.2) is 4.79 Å². The Hall–Kier alpha value is -0.620. The van der Waals surface area contributed by atoms with E-state index in [-0.39, 0.29) is 11.7 Å². The number of thioether (sulfide) groups is 1. The van der Waals surface area contributed by atoms with Gasteiger partial charge in [-0.15, -0.1) is 5.06 Å². The summed E-state index contributed by atoms with van der Waals surface area (Å²) in [5.74, 6) is -0.452. The van der Waals surface area contributed by atoms with E-state index in [1.54, 1.807) is 13.8 Å². The molecule has 1 aliphatic rings. The molecule has 0 spiro atoms. The molecule has 0 bridgehead atoms. The lowest BCUT2D eigenvalue weighted by atomic mass is 9.91. The van der Waals surface area contributed by atoms with Crippen molar-refractivity contribution in [2.45, 2.75) is 27.2 Å². The molecule has 4 nitrogen and oxygen atoms in total. The number of thiocarbonyl (C=S) groups is 1. The van der Waals surface area contributed by atoms with Gasteiger partial charge in [0.15, 0.2) is 4.32 Å². The minimum Gasteiger partial charge on any atom is -0.331 e. The summed E-state index contributed by atoms with van der Waals surface area (Å²) in [5, 5.41) is 0.916. The smallest absolute Gasteiger partial charge is 0.331 e. The van der Waals surface area contributed by atoms with Gasteiger partial charge in [0, 0.05) is 0 Å². The Morgan fingerprint density at radius 3 is 2.67 bits per heavy atom. The zero-order valence-corrected chi connectivity index (χ0v) is 10.5. The molecule has 0 aromatic heterocycles. The first-order chi connectivity index (χ1) is 6.88. The van der Waals surface area contributed by atoms with Crippen molar-refractivity contribution < 1.29 is 14.4 Å². The van der Waals surface area contributed by atoms with E-state index in [2.05, 4.69) is 0 Å². The molecular weight excluding hydrogens is 234 g/mol. The summed E-state index contributed by atoms with van der Waals surface area (Å²) in [5.41, 5.74) is -0.594. The van der Waals surface area contributed by atoms with Crippen molar-refractivity contribution in [3.05, 3.63) is 0 Å². The van der Waals surface area contributed by atoms with Crippen LogP contribution in [-0.4, -0.2) is 27.0 Å². The quantitative estimate of drug-likeness (QED) is 0.711. The van der Waals surface area contributed by atoms with Crippen LogP contribution in [0.2, 0.25) is 0 Å². The highest BCUT2D eigenvalue weighted by atomic mass is 32.2. The van der Waals surface area contributed by atoms with E-state index in [0.717, 1.165) is 5.06 Å². The van der Waals surface area contributed by atoms with Crippen molar-refractivity contribution in [3.63, 3.8) is 0 Å². The van der Waals surface area contributed by atoms with Crippen LogP contribution in [0.5, 0.6) is 0 Å². The summed E-state index contributed by atoms with van der Waals surface area (Å²) in [7, 11) is 0. The molecule has 0 radical (unpaired) electrons. The standard InChI is InChI=1S/C9H13NO3S2/c1-4-9(2,3)7(12)13-10-6(11)5-15-8(10)14/h4-5H2,1-3H3. The topological polar surface area (TPSA) is 46.6 Å². The van der Waals surface area contributed by atoms with Gasteiger partial charge in [-0.05, 0) is 32.5 Å². The van der Waals surface area contributed by atoms with Gasteiger partial charge in [-0.3, -0.25) is 4.79 Å². The Bertz CT molecular complexity index is 298. The molecule has 0 aliphatic carbocycles. The minimum absolute atomic E-state index is 0.249. The zero-order valence-electron chi connectivity index (χ0n) is 8.90.